The highest BCUT2D eigenvalue weighted by molar-refractivity contribution is 7.98. The van der Waals surface area contributed by atoms with Crippen LogP contribution in [0, 0.1) is 5.92 Å². The third kappa shape index (κ3) is 9.15. The normalized spacial score (nSPS) is 12.0. The van der Waals surface area contributed by atoms with Crippen LogP contribution in [0.2, 0.25) is 0 Å². The zero-order chi connectivity index (χ0) is 32.3. The summed E-state index contributed by atoms with van der Waals surface area (Å²) in [5.41, 5.74) is 1.05. The van der Waals surface area contributed by atoms with Crippen molar-refractivity contribution in [2.75, 3.05) is 37.4 Å². The highest BCUT2D eigenvalue weighted by Gasteiger charge is 2.33. The summed E-state index contributed by atoms with van der Waals surface area (Å²) >= 11 is 1.50. The number of carbonyl (C=O) groups excluding carboxylic acids is 2. The zero-order valence-electron chi connectivity index (χ0n) is 26.3. The number of benzene rings is 3. The third-order valence-electron chi connectivity index (χ3n) is 6.92. The highest BCUT2D eigenvalue weighted by atomic mass is 32.2. The van der Waals surface area contributed by atoms with Crippen molar-refractivity contribution in [3.05, 3.63) is 78.4 Å². The van der Waals surface area contributed by atoms with E-state index < -0.39 is 28.5 Å². The molecule has 0 heterocycles. The first-order valence-corrected chi connectivity index (χ1v) is 17.3. The fourth-order valence-corrected chi connectivity index (χ4v) is 6.41. The Hall–Kier alpha value is -3.70. The van der Waals surface area contributed by atoms with Gasteiger partial charge in [-0.05, 0) is 91.7 Å². The number of sulfonamides is 1. The van der Waals surface area contributed by atoms with Gasteiger partial charge < -0.3 is 19.7 Å². The topological polar surface area (TPSA) is 105 Å². The largest absolute Gasteiger partial charge is 0.497 e. The van der Waals surface area contributed by atoms with E-state index in [2.05, 4.69) is 5.32 Å². The fourth-order valence-electron chi connectivity index (χ4n) is 4.59. The van der Waals surface area contributed by atoms with Crippen molar-refractivity contribution < 1.29 is 27.5 Å². The number of thioether (sulfide) groups is 1. The van der Waals surface area contributed by atoms with E-state index in [1.54, 1.807) is 55.6 Å². The summed E-state index contributed by atoms with van der Waals surface area (Å²) in [6, 6.07) is 19.5. The second-order valence-corrected chi connectivity index (χ2v) is 13.3. The Morgan fingerprint density at radius 2 is 1.64 bits per heavy atom. The van der Waals surface area contributed by atoms with E-state index in [1.165, 1.54) is 28.8 Å². The van der Waals surface area contributed by atoms with E-state index >= 15 is 0 Å². The van der Waals surface area contributed by atoms with Gasteiger partial charge in [0.25, 0.3) is 10.0 Å². The summed E-state index contributed by atoms with van der Waals surface area (Å²) in [5.74, 6) is 0.603. The third-order valence-corrected chi connectivity index (χ3v) is 9.45. The molecule has 0 bridgehead atoms. The molecular weight excluding hydrogens is 599 g/mol. The Kier molecular flexibility index (Phi) is 13.0. The van der Waals surface area contributed by atoms with E-state index in [9.17, 15) is 18.0 Å². The molecule has 3 aromatic rings. The van der Waals surface area contributed by atoms with Crippen molar-refractivity contribution in [1.82, 2.24) is 10.2 Å². The maximum absolute atomic E-state index is 14.3. The van der Waals surface area contributed by atoms with Crippen LogP contribution in [0.15, 0.2) is 82.6 Å². The summed E-state index contributed by atoms with van der Waals surface area (Å²) in [6.07, 6.45) is 2.25. The predicted molar refractivity (Wildman–Crippen MR) is 176 cm³/mol. The first kappa shape index (κ1) is 34.8. The second-order valence-electron chi connectivity index (χ2n) is 10.6. The first-order chi connectivity index (χ1) is 21.0. The molecule has 2 amide bonds. The van der Waals surface area contributed by atoms with Gasteiger partial charge in [0.2, 0.25) is 11.8 Å². The maximum Gasteiger partial charge on any atom is 0.264 e. The Morgan fingerprint density at radius 1 is 0.955 bits per heavy atom. The lowest BCUT2D eigenvalue weighted by atomic mass is 10.1. The Labute approximate surface area is 266 Å². The number of methoxy groups -OCH3 is 1. The maximum atomic E-state index is 14.3. The number of amides is 2. The average Bonchev–Trinajstić information content (AvgIpc) is 3.03. The lowest BCUT2D eigenvalue weighted by molar-refractivity contribution is -0.140. The second kappa shape index (κ2) is 16.4. The number of ether oxygens (including phenoxy) is 2. The van der Waals surface area contributed by atoms with Crippen LogP contribution in [0.3, 0.4) is 0 Å². The minimum absolute atomic E-state index is 0.0537. The summed E-state index contributed by atoms with van der Waals surface area (Å²) in [7, 11) is -2.62. The van der Waals surface area contributed by atoms with Gasteiger partial charge in [-0.15, -0.1) is 11.8 Å². The molecule has 0 spiro atoms. The summed E-state index contributed by atoms with van der Waals surface area (Å²) in [6.45, 7) is 8.16. The number of nitrogens with one attached hydrogen (secondary N) is 1. The number of hydrogen-bond acceptors (Lipinski definition) is 7. The van der Waals surface area contributed by atoms with Crippen molar-refractivity contribution in [2.45, 2.75) is 56.5 Å². The van der Waals surface area contributed by atoms with E-state index in [-0.39, 0.29) is 23.3 Å². The molecule has 0 aliphatic heterocycles. The molecule has 0 aromatic heterocycles. The van der Waals surface area contributed by atoms with Gasteiger partial charge >= 0.3 is 0 Å². The molecule has 0 radical (unpaired) electrons. The van der Waals surface area contributed by atoms with Crippen molar-refractivity contribution in [1.29, 1.82) is 0 Å². The van der Waals surface area contributed by atoms with Gasteiger partial charge in [0, 0.05) is 18.0 Å². The average molecular weight is 642 g/mol. The molecule has 0 unspecified atom stereocenters. The molecule has 0 aliphatic rings. The van der Waals surface area contributed by atoms with Crippen molar-refractivity contribution in [3.63, 3.8) is 0 Å². The molecule has 0 saturated heterocycles. The monoisotopic (exact) mass is 641 g/mol. The van der Waals surface area contributed by atoms with E-state index in [1.807, 2.05) is 46.1 Å². The fraction of sp³-hybridized carbons (Fsp3) is 0.394. The summed E-state index contributed by atoms with van der Waals surface area (Å²) in [4.78, 5) is 30.1. The van der Waals surface area contributed by atoms with Gasteiger partial charge in [-0.25, -0.2) is 8.42 Å². The SMILES string of the molecule is CCOc1ccc(N(CC(=O)N(Cc2cccc(OC)c2)[C@H](CC)C(=O)NCC(C)C)S(=O)(=O)c2ccc(SC)cc2)cc1. The molecule has 0 saturated carbocycles. The molecule has 1 N–H and O–H groups in total. The van der Waals surface area contributed by atoms with Crippen LogP contribution in [0.4, 0.5) is 5.69 Å². The minimum atomic E-state index is -4.18. The number of hydrogen-bond donors (Lipinski definition) is 1. The lowest BCUT2D eigenvalue weighted by Crippen LogP contribution is -2.52. The molecule has 44 heavy (non-hydrogen) atoms. The van der Waals surface area contributed by atoms with Gasteiger partial charge in [0.05, 0.1) is 24.3 Å². The zero-order valence-corrected chi connectivity index (χ0v) is 27.9. The van der Waals surface area contributed by atoms with Gasteiger partial charge in [-0.3, -0.25) is 13.9 Å². The van der Waals surface area contributed by atoms with Gasteiger partial charge in [0.15, 0.2) is 0 Å². The van der Waals surface area contributed by atoms with Crippen molar-refractivity contribution >= 4 is 39.3 Å². The minimum Gasteiger partial charge on any atom is -0.497 e. The molecule has 9 nitrogen and oxygen atoms in total. The number of anilines is 1. The van der Waals surface area contributed by atoms with Gasteiger partial charge in [0.1, 0.15) is 24.1 Å². The molecule has 0 fully saturated rings. The highest BCUT2D eigenvalue weighted by Crippen LogP contribution is 2.28. The number of carbonyl (C=O) groups is 2. The summed E-state index contributed by atoms with van der Waals surface area (Å²) < 4.78 is 40.3. The molecule has 1 atom stereocenters. The Morgan fingerprint density at radius 3 is 2.20 bits per heavy atom. The van der Waals surface area contributed by atoms with Crippen LogP contribution >= 0.6 is 11.8 Å². The number of nitrogens with zero attached hydrogens (tertiary/aromatic N) is 2. The molecule has 238 valence electrons. The van der Waals surface area contributed by atoms with Crippen LogP contribution in [-0.4, -0.2) is 64.2 Å². The molecular formula is C33H43N3O6S2. The van der Waals surface area contributed by atoms with Crippen LogP contribution in [0.25, 0.3) is 0 Å². The van der Waals surface area contributed by atoms with Crippen LogP contribution in [0.1, 0.15) is 39.7 Å². The quantitative estimate of drug-likeness (QED) is 0.203. The molecule has 3 rings (SSSR count). The van der Waals surface area contributed by atoms with E-state index in [0.717, 1.165) is 14.8 Å². The lowest BCUT2D eigenvalue weighted by Gasteiger charge is -2.33. The molecule has 3 aromatic carbocycles. The Balaban J connectivity index is 2.06. The number of rotatable bonds is 16. The van der Waals surface area contributed by atoms with E-state index in [0.29, 0.717) is 36.8 Å². The van der Waals surface area contributed by atoms with E-state index in [4.69, 9.17) is 9.47 Å². The van der Waals surface area contributed by atoms with Crippen LogP contribution < -0.4 is 19.1 Å². The van der Waals surface area contributed by atoms with Gasteiger partial charge in [-0.2, -0.15) is 0 Å². The Bertz CT molecular complexity index is 1480. The van der Waals surface area contributed by atoms with Gasteiger partial charge in [-0.1, -0.05) is 32.9 Å². The summed E-state index contributed by atoms with van der Waals surface area (Å²) in [5, 5.41) is 2.94. The van der Waals surface area contributed by atoms with Crippen molar-refractivity contribution in [3.8, 4) is 11.5 Å². The predicted octanol–water partition coefficient (Wildman–Crippen LogP) is 5.59. The van der Waals surface area contributed by atoms with Crippen molar-refractivity contribution in [2.24, 2.45) is 5.92 Å². The first-order valence-electron chi connectivity index (χ1n) is 14.6. The van der Waals surface area contributed by atoms with Crippen LogP contribution in [0.5, 0.6) is 11.5 Å². The van der Waals surface area contributed by atoms with Crippen LogP contribution in [-0.2, 0) is 26.2 Å². The molecule has 0 aliphatic carbocycles. The molecule has 11 heteroatoms. The smallest absolute Gasteiger partial charge is 0.264 e. The standard InChI is InChI=1S/C33H43N3O6S2/c1-7-31(33(38)34-21-24(3)4)35(22-25-10-9-11-28(20-25)41-5)32(37)23-36(26-12-14-27(15-13-26)42-8-2)44(39,40)30-18-16-29(43-6)17-19-30/h9-20,24,31H,7-8,21-23H2,1-6H3,(H,34,38)/t31-/m1/s1.